The summed E-state index contributed by atoms with van der Waals surface area (Å²) in [5, 5.41) is 8.16. The molecule has 0 aromatic heterocycles. The van der Waals surface area contributed by atoms with Gasteiger partial charge in [0.1, 0.15) is 27.6 Å². The van der Waals surface area contributed by atoms with Gasteiger partial charge in [0.15, 0.2) is 5.75 Å². The van der Waals surface area contributed by atoms with Gasteiger partial charge in [-0.3, -0.25) is 19.7 Å². The smallest absolute Gasteiger partial charge is 0.322 e. The fourth-order valence-electron chi connectivity index (χ4n) is 5.06. The van der Waals surface area contributed by atoms with Gasteiger partial charge in [-0.05, 0) is 31.0 Å². The zero-order valence-corrected chi connectivity index (χ0v) is 21.2. The quantitative estimate of drug-likeness (QED) is 0.400. The molecule has 3 atom stereocenters. The number of hydrogen-bond donors (Lipinski definition) is 3. The highest BCUT2D eigenvalue weighted by atomic mass is 35.5. The Morgan fingerprint density at radius 3 is 2.46 bits per heavy atom. The number of fused-ring (bicyclic) bond motifs is 1. The first-order valence-electron chi connectivity index (χ1n) is 11.5. The van der Waals surface area contributed by atoms with Crippen LogP contribution in [-0.4, -0.2) is 43.3 Å². The topological polar surface area (TPSA) is 132 Å². The fourth-order valence-corrected chi connectivity index (χ4v) is 5.32. The van der Waals surface area contributed by atoms with Gasteiger partial charge in [-0.1, -0.05) is 30.7 Å². The molecule has 0 bridgehead atoms. The van der Waals surface area contributed by atoms with Crippen molar-refractivity contribution < 1.29 is 33.4 Å². The molecule has 3 amide bonds. The summed E-state index contributed by atoms with van der Waals surface area (Å²) in [4.78, 5) is 51.1. The minimum Gasteiger partial charge on any atom is -0.496 e. The van der Waals surface area contributed by atoms with E-state index < -0.39 is 40.6 Å². The highest BCUT2D eigenvalue weighted by Crippen LogP contribution is 2.53. The predicted molar refractivity (Wildman–Crippen MR) is 133 cm³/mol. The molecule has 2 aromatic rings. The minimum atomic E-state index is -1.78. The lowest BCUT2D eigenvalue weighted by Crippen LogP contribution is -2.55. The van der Waals surface area contributed by atoms with E-state index in [4.69, 9.17) is 25.8 Å². The molecule has 3 aliphatic rings. The molecule has 2 aliphatic heterocycles. The van der Waals surface area contributed by atoms with Crippen LogP contribution in [0, 0.1) is 5.92 Å². The summed E-state index contributed by atoms with van der Waals surface area (Å²) in [5.74, 6) is -1.53. The third-order valence-electron chi connectivity index (χ3n) is 7.10. The van der Waals surface area contributed by atoms with Gasteiger partial charge in [0, 0.05) is 29.4 Å². The Morgan fingerprint density at radius 2 is 1.84 bits per heavy atom. The second kappa shape index (κ2) is 8.52. The molecule has 3 N–H and O–H groups in total. The van der Waals surface area contributed by atoms with Crippen molar-refractivity contribution in [2.45, 2.75) is 31.4 Å². The first-order valence-corrected chi connectivity index (χ1v) is 11.9. The molecule has 0 radical (unpaired) electrons. The molecule has 37 heavy (non-hydrogen) atoms. The van der Waals surface area contributed by atoms with E-state index in [1.165, 1.54) is 26.4 Å². The molecular formula is C26H24ClN3O7. The second-order valence-corrected chi connectivity index (χ2v) is 9.72. The summed E-state index contributed by atoms with van der Waals surface area (Å²) in [5.41, 5.74) is -1.17. The Hall–Kier alpha value is -4.05. The third-order valence-corrected chi connectivity index (χ3v) is 7.46. The largest absolute Gasteiger partial charge is 0.496 e. The van der Waals surface area contributed by atoms with Gasteiger partial charge in [-0.15, -0.1) is 0 Å². The molecule has 2 heterocycles. The van der Waals surface area contributed by atoms with E-state index in [1.807, 2.05) is 0 Å². The Balaban J connectivity index is 1.45. The second-order valence-electron chi connectivity index (χ2n) is 9.34. The van der Waals surface area contributed by atoms with Crippen LogP contribution in [0.2, 0.25) is 5.02 Å². The molecule has 1 fully saturated rings. The maximum absolute atomic E-state index is 13.6. The minimum absolute atomic E-state index is 0.0608. The number of carbonyl (C=O) groups is 4. The average Bonchev–Trinajstić information content (AvgIpc) is 3.32. The summed E-state index contributed by atoms with van der Waals surface area (Å²) in [6, 6.07) is 7.87. The number of ketones is 2. The summed E-state index contributed by atoms with van der Waals surface area (Å²) < 4.78 is 16.7. The maximum Gasteiger partial charge on any atom is 0.322 e. The maximum atomic E-state index is 13.6. The van der Waals surface area contributed by atoms with Gasteiger partial charge in [0.05, 0.1) is 14.2 Å². The van der Waals surface area contributed by atoms with Crippen molar-refractivity contribution in [1.82, 2.24) is 10.6 Å². The van der Waals surface area contributed by atoms with Crippen LogP contribution < -0.4 is 30.2 Å². The summed E-state index contributed by atoms with van der Waals surface area (Å²) in [7, 11) is 2.83. The lowest BCUT2D eigenvalue weighted by atomic mass is 9.74. The Bertz CT molecular complexity index is 1420. The fraction of sp³-hybridized carbons (Fsp3) is 0.308. The van der Waals surface area contributed by atoms with Crippen LogP contribution in [0.25, 0.3) is 0 Å². The van der Waals surface area contributed by atoms with E-state index in [0.29, 0.717) is 23.4 Å². The lowest BCUT2D eigenvalue weighted by Gasteiger charge is -2.35. The molecule has 1 aliphatic carbocycles. The highest BCUT2D eigenvalue weighted by Gasteiger charge is 2.60. The number of amides is 3. The number of imide groups is 1. The molecule has 10 nitrogen and oxygen atoms in total. The van der Waals surface area contributed by atoms with Gasteiger partial charge in [0.2, 0.25) is 17.2 Å². The van der Waals surface area contributed by atoms with E-state index in [-0.39, 0.29) is 27.8 Å². The van der Waals surface area contributed by atoms with E-state index in [0.717, 1.165) is 0 Å². The van der Waals surface area contributed by atoms with Crippen LogP contribution in [0.1, 0.15) is 36.2 Å². The molecule has 11 heteroatoms. The van der Waals surface area contributed by atoms with Gasteiger partial charge in [0.25, 0.3) is 5.91 Å². The van der Waals surface area contributed by atoms with Crippen LogP contribution in [0.15, 0.2) is 42.1 Å². The number of anilines is 1. The van der Waals surface area contributed by atoms with Crippen LogP contribution >= 0.6 is 11.6 Å². The SMILES string of the molecule is COc1cc(OC)c2c(c1Cl)O[C@@]1(C(=O)C=C(Nc3cccc([C@@]4(C)NC(=O)NC4=O)c3)C[C@H]1C)C2=O. The van der Waals surface area contributed by atoms with Gasteiger partial charge < -0.3 is 24.8 Å². The molecule has 2 aromatic carbocycles. The van der Waals surface area contributed by atoms with E-state index in [1.54, 1.807) is 38.1 Å². The zero-order valence-electron chi connectivity index (χ0n) is 20.5. The van der Waals surface area contributed by atoms with E-state index in [2.05, 4.69) is 16.0 Å². The first-order chi connectivity index (χ1) is 17.5. The number of urea groups is 1. The average molecular weight is 526 g/mol. The van der Waals surface area contributed by atoms with Crippen molar-refractivity contribution in [3.05, 3.63) is 58.3 Å². The summed E-state index contributed by atoms with van der Waals surface area (Å²) >= 11 is 6.43. The first kappa shape index (κ1) is 24.6. The van der Waals surface area contributed by atoms with Crippen molar-refractivity contribution in [3.8, 4) is 17.2 Å². The number of ether oxygens (including phenoxy) is 3. The van der Waals surface area contributed by atoms with Crippen LogP contribution in [0.4, 0.5) is 10.5 Å². The lowest BCUT2D eigenvalue weighted by molar-refractivity contribution is -0.129. The number of carbonyl (C=O) groups excluding carboxylic acids is 4. The van der Waals surface area contributed by atoms with Gasteiger partial charge in [-0.25, -0.2) is 4.79 Å². The number of nitrogens with one attached hydrogen (secondary N) is 3. The molecule has 0 unspecified atom stereocenters. The van der Waals surface area contributed by atoms with Crippen LogP contribution in [-0.2, 0) is 15.1 Å². The summed E-state index contributed by atoms with van der Waals surface area (Å²) in [6.07, 6.45) is 1.65. The van der Waals surface area contributed by atoms with E-state index in [9.17, 15) is 19.2 Å². The number of benzene rings is 2. The summed E-state index contributed by atoms with van der Waals surface area (Å²) in [6.45, 7) is 3.36. The van der Waals surface area contributed by atoms with Crippen molar-refractivity contribution in [1.29, 1.82) is 0 Å². The number of Topliss-reactive ketones (excluding diaryl/α,β-unsaturated/α-hetero) is 1. The van der Waals surface area contributed by atoms with Crippen LogP contribution in [0.5, 0.6) is 17.2 Å². The number of halogens is 1. The third kappa shape index (κ3) is 3.54. The van der Waals surface area contributed by atoms with E-state index >= 15 is 0 Å². The van der Waals surface area contributed by atoms with Crippen molar-refractivity contribution in [2.24, 2.45) is 5.92 Å². The van der Waals surface area contributed by atoms with Crippen LogP contribution in [0.3, 0.4) is 0 Å². The molecule has 192 valence electrons. The van der Waals surface area contributed by atoms with Gasteiger partial charge in [-0.2, -0.15) is 0 Å². The molecule has 0 saturated carbocycles. The Labute approximate surface area is 217 Å². The molecule has 5 rings (SSSR count). The number of hydrogen-bond acceptors (Lipinski definition) is 8. The normalized spacial score (nSPS) is 26.3. The standard InChI is InChI=1S/C26H24ClN3O7/c1-12-8-15(28-14-7-5-6-13(9-14)25(2)23(33)29-24(34)30-25)10-18(31)26(12)22(32)19-16(35-3)11-17(36-4)20(27)21(19)37-26/h5-7,9-12,28H,8H2,1-4H3,(H2,29,30,33,34)/t12-,25-,26+/m1/s1. The zero-order chi connectivity index (χ0) is 26.7. The number of rotatable bonds is 5. The van der Waals surface area contributed by atoms with Gasteiger partial charge >= 0.3 is 6.03 Å². The van der Waals surface area contributed by atoms with Crippen molar-refractivity contribution in [2.75, 3.05) is 19.5 Å². The number of allylic oxidation sites excluding steroid dienone is 1. The molecular weight excluding hydrogens is 502 g/mol. The number of methoxy groups -OCH3 is 2. The highest BCUT2D eigenvalue weighted by molar-refractivity contribution is 6.36. The Kier molecular flexibility index (Phi) is 5.67. The van der Waals surface area contributed by atoms with Crippen molar-refractivity contribution in [3.63, 3.8) is 0 Å². The monoisotopic (exact) mass is 525 g/mol. The Morgan fingerprint density at radius 1 is 1.11 bits per heavy atom. The predicted octanol–water partition coefficient (Wildman–Crippen LogP) is 3.33. The van der Waals surface area contributed by atoms with Crippen molar-refractivity contribution >= 4 is 40.8 Å². The molecule has 1 spiro atoms. The molecule has 1 saturated heterocycles.